The van der Waals surface area contributed by atoms with Crippen molar-refractivity contribution in [2.75, 3.05) is 0 Å². The van der Waals surface area contributed by atoms with Gasteiger partial charge in [0.15, 0.2) is 0 Å². The Kier molecular flexibility index (Phi) is 8.97. The van der Waals surface area contributed by atoms with Crippen molar-refractivity contribution in [1.82, 2.24) is 9.55 Å². The first kappa shape index (κ1) is 26.4. The molecule has 1 heterocycles. The minimum absolute atomic E-state index is 0.385. The molecule has 4 aromatic rings. The molecule has 1 aromatic heterocycles. The van der Waals surface area contributed by atoms with E-state index in [0.717, 1.165) is 47.5 Å². The maximum atomic E-state index is 12.9. The molecule has 0 aliphatic carbocycles. The van der Waals surface area contributed by atoms with Gasteiger partial charge in [0, 0.05) is 11.4 Å². The second kappa shape index (κ2) is 12.6. The molecule has 0 saturated heterocycles. The van der Waals surface area contributed by atoms with Crippen LogP contribution in [-0.2, 0) is 30.6 Å². The summed E-state index contributed by atoms with van der Waals surface area (Å²) in [6.45, 7) is 2.74. The van der Waals surface area contributed by atoms with Crippen LogP contribution in [0.5, 0.6) is 0 Å². The van der Waals surface area contributed by atoms with E-state index in [0.29, 0.717) is 24.4 Å². The van der Waals surface area contributed by atoms with Crippen molar-refractivity contribution in [3.05, 3.63) is 130 Å². The van der Waals surface area contributed by atoms with Gasteiger partial charge < -0.3 is 9.67 Å². The van der Waals surface area contributed by atoms with Gasteiger partial charge in [0.2, 0.25) is 0 Å². The molecule has 0 amide bonds. The number of carboxylic acid groups (broad SMARTS) is 1. The number of hydrogen-bond donors (Lipinski definition) is 1. The van der Waals surface area contributed by atoms with Crippen LogP contribution in [0.3, 0.4) is 0 Å². The second-order valence-electron chi connectivity index (χ2n) is 9.50. The first-order valence-electron chi connectivity index (χ1n) is 12.8. The van der Waals surface area contributed by atoms with Gasteiger partial charge >= 0.3 is 5.97 Å². The third-order valence-electron chi connectivity index (χ3n) is 6.73. The SMILES string of the molecule is CCCCc1ncc(C=CC(Cc2ccccc2)(Cc2ccccc2)C(=O)O)n1Cc1ccccc1Cl. The van der Waals surface area contributed by atoms with E-state index in [2.05, 4.69) is 11.5 Å². The number of carboxylic acids is 1. The number of aromatic nitrogens is 2. The predicted octanol–water partition coefficient (Wildman–Crippen LogP) is 7.50. The van der Waals surface area contributed by atoms with E-state index in [1.54, 1.807) is 0 Å². The zero-order chi connectivity index (χ0) is 26.1. The van der Waals surface area contributed by atoms with Crippen molar-refractivity contribution < 1.29 is 9.90 Å². The number of rotatable bonds is 12. The first-order valence-corrected chi connectivity index (χ1v) is 13.2. The number of halogens is 1. The molecule has 0 unspecified atom stereocenters. The van der Waals surface area contributed by atoms with Gasteiger partial charge in [-0.25, -0.2) is 4.98 Å². The molecule has 0 aliphatic rings. The van der Waals surface area contributed by atoms with E-state index in [9.17, 15) is 9.90 Å². The third kappa shape index (κ3) is 6.78. The lowest BCUT2D eigenvalue weighted by Crippen LogP contribution is -2.34. The number of carbonyl (C=O) groups is 1. The molecule has 3 aromatic carbocycles. The maximum absolute atomic E-state index is 12.9. The third-order valence-corrected chi connectivity index (χ3v) is 7.10. The summed E-state index contributed by atoms with van der Waals surface area (Å²) in [6, 6.07) is 27.5. The first-order chi connectivity index (χ1) is 18.0. The summed E-state index contributed by atoms with van der Waals surface area (Å²) in [5.41, 5.74) is 2.73. The number of imidazole rings is 1. The summed E-state index contributed by atoms with van der Waals surface area (Å²) in [7, 11) is 0. The van der Waals surface area contributed by atoms with E-state index in [1.807, 2.05) is 103 Å². The standard InChI is InChI=1S/C32H33ClN2O2/c1-2-3-18-30-34-23-28(35(30)24-27-16-10-11-17-29(27)33)19-20-32(31(36)37,21-25-12-6-4-7-13-25)22-26-14-8-5-9-15-26/h4-17,19-20,23H,2-3,18,21-22,24H2,1H3,(H,36,37). The Balaban J connectivity index is 1.75. The molecule has 37 heavy (non-hydrogen) atoms. The van der Waals surface area contributed by atoms with Crippen LogP contribution < -0.4 is 0 Å². The van der Waals surface area contributed by atoms with Crippen molar-refractivity contribution >= 4 is 23.6 Å². The molecule has 0 bridgehead atoms. The molecule has 0 aliphatic heterocycles. The second-order valence-corrected chi connectivity index (χ2v) is 9.91. The van der Waals surface area contributed by atoms with Crippen LogP contribution in [0, 0.1) is 5.41 Å². The average Bonchev–Trinajstić information content (AvgIpc) is 3.29. The zero-order valence-corrected chi connectivity index (χ0v) is 21.9. The Morgan fingerprint density at radius 3 is 2.11 bits per heavy atom. The van der Waals surface area contributed by atoms with Crippen molar-refractivity contribution in [3.63, 3.8) is 0 Å². The van der Waals surface area contributed by atoms with Gasteiger partial charge in [0.25, 0.3) is 0 Å². The Bertz CT molecular complexity index is 1290. The lowest BCUT2D eigenvalue weighted by molar-refractivity contribution is -0.145. The van der Waals surface area contributed by atoms with E-state index in [4.69, 9.17) is 16.6 Å². The summed E-state index contributed by atoms with van der Waals surface area (Å²) in [5, 5.41) is 11.3. The molecule has 0 spiro atoms. The smallest absolute Gasteiger partial charge is 0.314 e. The summed E-state index contributed by atoms with van der Waals surface area (Å²) in [4.78, 5) is 17.6. The molecule has 0 atom stereocenters. The number of benzene rings is 3. The van der Waals surface area contributed by atoms with Gasteiger partial charge in [0.1, 0.15) is 5.82 Å². The minimum Gasteiger partial charge on any atom is -0.481 e. The number of hydrogen-bond acceptors (Lipinski definition) is 2. The highest BCUT2D eigenvalue weighted by atomic mass is 35.5. The average molecular weight is 513 g/mol. The lowest BCUT2D eigenvalue weighted by Gasteiger charge is -2.27. The van der Waals surface area contributed by atoms with Crippen LogP contribution in [0.4, 0.5) is 0 Å². The summed E-state index contributed by atoms with van der Waals surface area (Å²) < 4.78 is 2.16. The number of aryl methyl sites for hydroxylation is 1. The molecule has 4 nitrogen and oxygen atoms in total. The van der Waals surface area contributed by atoms with Crippen LogP contribution in [-0.4, -0.2) is 20.6 Å². The predicted molar refractivity (Wildman–Crippen MR) is 151 cm³/mol. The Labute approximate surface area is 224 Å². The number of nitrogens with zero attached hydrogens (tertiary/aromatic N) is 2. The normalized spacial score (nSPS) is 11.7. The Morgan fingerprint density at radius 1 is 0.946 bits per heavy atom. The number of unbranched alkanes of at least 4 members (excludes halogenated alkanes) is 1. The van der Waals surface area contributed by atoms with Crippen LogP contribution in [0.2, 0.25) is 5.02 Å². The fourth-order valence-corrected chi connectivity index (χ4v) is 4.84. The van der Waals surface area contributed by atoms with Crippen molar-refractivity contribution in [2.24, 2.45) is 5.41 Å². The molecule has 0 saturated carbocycles. The summed E-state index contributed by atoms with van der Waals surface area (Å²) in [5.74, 6) is 0.133. The van der Waals surface area contributed by atoms with E-state index in [1.165, 1.54) is 0 Å². The van der Waals surface area contributed by atoms with Crippen LogP contribution in [0.25, 0.3) is 6.08 Å². The van der Waals surface area contributed by atoms with Gasteiger partial charge in [-0.1, -0.05) is 110 Å². The molecule has 0 fully saturated rings. The van der Waals surface area contributed by atoms with Crippen molar-refractivity contribution in [2.45, 2.75) is 45.6 Å². The molecule has 5 heteroatoms. The van der Waals surface area contributed by atoms with E-state index < -0.39 is 11.4 Å². The van der Waals surface area contributed by atoms with Crippen molar-refractivity contribution in [1.29, 1.82) is 0 Å². The van der Waals surface area contributed by atoms with Crippen molar-refractivity contribution in [3.8, 4) is 0 Å². The Hall–Kier alpha value is -3.63. The van der Waals surface area contributed by atoms with Gasteiger partial charge in [-0.2, -0.15) is 0 Å². The monoisotopic (exact) mass is 512 g/mol. The van der Waals surface area contributed by atoms with Gasteiger partial charge in [0.05, 0.1) is 23.9 Å². The topological polar surface area (TPSA) is 55.1 Å². The maximum Gasteiger partial charge on any atom is 0.314 e. The molecule has 190 valence electrons. The van der Waals surface area contributed by atoms with Crippen LogP contribution in [0.15, 0.2) is 97.2 Å². The summed E-state index contributed by atoms with van der Waals surface area (Å²) in [6.07, 6.45) is 9.36. The highest BCUT2D eigenvalue weighted by Gasteiger charge is 2.36. The van der Waals surface area contributed by atoms with Crippen LogP contribution >= 0.6 is 11.6 Å². The minimum atomic E-state index is -1.12. The quantitative estimate of drug-likeness (QED) is 0.214. The van der Waals surface area contributed by atoms with E-state index >= 15 is 0 Å². The largest absolute Gasteiger partial charge is 0.481 e. The van der Waals surface area contributed by atoms with Gasteiger partial charge in [-0.05, 0) is 48.1 Å². The molecule has 1 N–H and O–H groups in total. The van der Waals surface area contributed by atoms with Gasteiger partial charge in [-0.3, -0.25) is 4.79 Å². The fraction of sp³-hybridized carbons (Fsp3) is 0.250. The number of aliphatic carboxylic acids is 1. The molecular weight excluding hydrogens is 480 g/mol. The Morgan fingerprint density at radius 2 is 1.54 bits per heavy atom. The summed E-state index contributed by atoms with van der Waals surface area (Å²) >= 11 is 6.49. The van der Waals surface area contributed by atoms with E-state index in [-0.39, 0.29) is 0 Å². The fourth-order valence-electron chi connectivity index (χ4n) is 4.64. The highest BCUT2D eigenvalue weighted by Crippen LogP contribution is 2.32. The molecule has 0 radical (unpaired) electrons. The van der Waals surface area contributed by atoms with Gasteiger partial charge in [-0.15, -0.1) is 0 Å². The molecule has 4 rings (SSSR count). The van der Waals surface area contributed by atoms with Crippen LogP contribution in [0.1, 0.15) is 48.0 Å². The lowest BCUT2D eigenvalue weighted by atomic mass is 9.76. The zero-order valence-electron chi connectivity index (χ0n) is 21.2. The molecular formula is C32H33ClN2O2. The highest BCUT2D eigenvalue weighted by molar-refractivity contribution is 6.31.